The lowest BCUT2D eigenvalue weighted by Crippen LogP contribution is -2.39. The second-order valence-electron chi connectivity index (χ2n) is 7.51. The third-order valence-corrected chi connectivity index (χ3v) is 7.85. The number of rotatable bonds is 7. The van der Waals surface area contributed by atoms with Crippen LogP contribution in [0.5, 0.6) is 11.5 Å². The van der Waals surface area contributed by atoms with E-state index in [2.05, 4.69) is 26.5 Å². The molecule has 8 nitrogen and oxygen atoms in total. The van der Waals surface area contributed by atoms with Crippen LogP contribution in [0.1, 0.15) is 11.1 Å². The Hall–Kier alpha value is -3.29. The maximum Gasteiger partial charge on any atom is 0.417 e. The number of carbonyl (C=O) groups excluding carboxylic acids is 1. The molecule has 1 aliphatic rings. The molecule has 0 atom stereocenters. The van der Waals surface area contributed by atoms with Crippen molar-refractivity contribution in [2.45, 2.75) is 11.1 Å². The summed E-state index contributed by atoms with van der Waals surface area (Å²) in [4.78, 5) is 12.5. The number of ether oxygens (including phenoxy) is 2. The van der Waals surface area contributed by atoms with Crippen molar-refractivity contribution in [3.05, 3.63) is 81.3 Å². The topological polar surface area (TPSA) is 97.3 Å². The molecule has 37 heavy (non-hydrogen) atoms. The summed E-state index contributed by atoms with van der Waals surface area (Å²) in [6, 6.07) is 12.8. The fourth-order valence-corrected chi connectivity index (χ4v) is 5.38. The van der Waals surface area contributed by atoms with Crippen molar-refractivity contribution in [3.8, 4) is 11.5 Å². The molecule has 0 aliphatic carbocycles. The van der Waals surface area contributed by atoms with E-state index in [-0.39, 0.29) is 11.7 Å². The third-order valence-electron chi connectivity index (χ3n) is 5.05. The zero-order chi connectivity index (χ0) is 26.8. The van der Waals surface area contributed by atoms with Crippen molar-refractivity contribution in [2.75, 3.05) is 17.6 Å². The van der Waals surface area contributed by atoms with Gasteiger partial charge in [0.1, 0.15) is 6.54 Å². The monoisotopic (exact) mass is 617 g/mol. The zero-order valence-electron chi connectivity index (χ0n) is 18.5. The molecular formula is C23H16BrClF3N3O5S. The highest BCUT2D eigenvalue weighted by Crippen LogP contribution is 2.38. The van der Waals surface area contributed by atoms with Gasteiger partial charge in [-0.15, -0.1) is 0 Å². The second kappa shape index (κ2) is 10.6. The number of sulfonamides is 1. The molecule has 194 valence electrons. The van der Waals surface area contributed by atoms with Crippen LogP contribution in [-0.4, -0.2) is 33.9 Å². The van der Waals surface area contributed by atoms with E-state index in [4.69, 9.17) is 21.1 Å². The van der Waals surface area contributed by atoms with Crippen molar-refractivity contribution < 1.29 is 35.9 Å². The van der Waals surface area contributed by atoms with Crippen molar-refractivity contribution in [1.82, 2.24) is 5.43 Å². The van der Waals surface area contributed by atoms with Crippen molar-refractivity contribution >= 4 is 55.4 Å². The summed E-state index contributed by atoms with van der Waals surface area (Å²) in [5, 5.41) is 3.21. The molecule has 0 fully saturated rings. The van der Waals surface area contributed by atoms with Gasteiger partial charge in [0.05, 0.1) is 27.4 Å². The molecule has 0 bridgehead atoms. The van der Waals surface area contributed by atoms with Gasteiger partial charge in [-0.25, -0.2) is 13.8 Å². The number of hydrogen-bond donors (Lipinski definition) is 1. The highest BCUT2D eigenvalue weighted by molar-refractivity contribution is 9.10. The maximum atomic E-state index is 13.4. The lowest BCUT2D eigenvalue weighted by atomic mass is 10.2. The first-order valence-corrected chi connectivity index (χ1v) is 12.9. The van der Waals surface area contributed by atoms with Gasteiger partial charge in [0.25, 0.3) is 15.9 Å². The Labute approximate surface area is 222 Å². The summed E-state index contributed by atoms with van der Waals surface area (Å²) >= 11 is 9.03. The highest BCUT2D eigenvalue weighted by atomic mass is 79.9. The van der Waals surface area contributed by atoms with Crippen molar-refractivity contribution in [2.24, 2.45) is 5.10 Å². The van der Waals surface area contributed by atoms with Crippen LogP contribution in [0.2, 0.25) is 5.02 Å². The molecule has 0 saturated heterocycles. The fourth-order valence-electron chi connectivity index (χ4n) is 3.29. The molecule has 1 aliphatic heterocycles. The van der Waals surface area contributed by atoms with Gasteiger partial charge in [-0.2, -0.15) is 18.3 Å². The molecule has 3 aromatic carbocycles. The molecule has 3 aromatic rings. The molecule has 4 rings (SSSR count). The summed E-state index contributed by atoms with van der Waals surface area (Å²) in [5.74, 6) is 0.0893. The lowest BCUT2D eigenvalue weighted by Gasteiger charge is -2.24. The van der Waals surface area contributed by atoms with Gasteiger partial charge in [-0.3, -0.25) is 9.10 Å². The Morgan fingerprint density at radius 1 is 1.11 bits per heavy atom. The van der Waals surface area contributed by atoms with E-state index in [1.165, 1.54) is 30.5 Å². The SMILES string of the molecule is O=C(CN(c1ccc(Cl)c(C(F)(F)F)c1)S(=O)(=O)c1ccccc1)NN=Cc1cc2c(cc1Br)OCO2. The number of nitrogens with one attached hydrogen (secondary N) is 1. The number of amides is 1. The van der Waals surface area contributed by atoms with Gasteiger partial charge in [0.2, 0.25) is 6.79 Å². The number of halogens is 5. The van der Waals surface area contributed by atoms with E-state index in [1.807, 2.05) is 0 Å². The Morgan fingerprint density at radius 3 is 2.46 bits per heavy atom. The van der Waals surface area contributed by atoms with Crippen LogP contribution in [0.3, 0.4) is 0 Å². The van der Waals surface area contributed by atoms with Crippen LogP contribution in [0, 0.1) is 0 Å². The number of alkyl halides is 3. The molecule has 0 radical (unpaired) electrons. The van der Waals surface area contributed by atoms with Gasteiger partial charge >= 0.3 is 6.18 Å². The molecule has 1 heterocycles. The predicted octanol–water partition coefficient (Wildman–Crippen LogP) is 5.20. The standard InChI is InChI=1S/C23H16BrClF3N3O5S/c24-18-10-21-20(35-13-36-21)8-14(18)11-29-30-22(32)12-31(37(33,34)16-4-2-1-3-5-16)15-6-7-19(25)17(9-15)23(26,27)28/h1-11H,12-13H2,(H,30,32). The average Bonchev–Trinajstić information content (AvgIpc) is 3.30. The first-order valence-electron chi connectivity index (χ1n) is 10.3. The third kappa shape index (κ3) is 6.00. The Morgan fingerprint density at radius 2 is 1.78 bits per heavy atom. The minimum atomic E-state index is -4.85. The summed E-state index contributed by atoms with van der Waals surface area (Å²) < 4.78 is 78.7. The number of hydrogen-bond acceptors (Lipinski definition) is 6. The van der Waals surface area contributed by atoms with E-state index >= 15 is 0 Å². The molecule has 0 unspecified atom stereocenters. The summed E-state index contributed by atoms with van der Waals surface area (Å²) in [6.07, 6.45) is -3.57. The van der Waals surface area contributed by atoms with Crippen LogP contribution in [0.25, 0.3) is 0 Å². The number of fused-ring (bicyclic) bond motifs is 1. The maximum absolute atomic E-state index is 13.4. The highest BCUT2D eigenvalue weighted by Gasteiger charge is 2.35. The van der Waals surface area contributed by atoms with E-state index in [1.54, 1.807) is 18.2 Å². The van der Waals surface area contributed by atoms with Crippen LogP contribution in [-0.2, 0) is 21.0 Å². The van der Waals surface area contributed by atoms with Crippen LogP contribution in [0.4, 0.5) is 18.9 Å². The van der Waals surface area contributed by atoms with Gasteiger partial charge in [-0.1, -0.05) is 29.8 Å². The van der Waals surface area contributed by atoms with Crippen molar-refractivity contribution in [1.29, 1.82) is 0 Å². The van der Waals surface area contributed by atoms with Crippen LogP contribution >= 0.6 is 27.5 Å². The van der Waals surface area contributed by atoms with Crippen LogP contribution in [0.15, 0.2) is 75.1 Å². The first-order chi connectivity index (χ1) is 17.5. The lowest BCUT2D eigenvalue weighted by molar-refractivity contribution is -0.137. The number of hydrazone groups is 1. The van der Waals surface area contributed by atoms with E-state index in [9.17, 15) is 26.4 Å². The minimum absolute atomic E-state index is 0.0611. The van der Waals surface area contributed by atoms with E-state index < -0.39 is 44.9 Å². The van der Waals surface area contributed by atoms with Crippen molar-refractivity contribution in [3.63, 3.8) is 0 Å². The van der Waals surface area contributed by atoms with Gasteiger partial charge in [0.15, 0.2) is 11.5 Å². The van der Waals surface area contributed by atoms with Gasteiger partial charge in [0, 0.05) is 10.0 Å². The fraction of sp³-hybridized carbons (Fsp3) is 0.130. The predicted molar refractivity (Wildman–Crippen MR) is 133 cm³/mol. The summed E-state index contributed by atoms with van der Waals surface area (Å²) in [7, 11) is -4.44. The van der Waals surface area contributed by atoms with Crippen LogP contribution < -0.4 is 19.2 Å². The number of carbonyl (C=O) groups is 1. The molecule has 1 N–H and O–H groups in total. The van der Waals surface area contributed by atoms with E-state index in [0.29, 0.717) is 31.9 Å². The molecule has 1 amide bonds. The molecule has 0 aromatic heterocycles. The number of anilines is 1. The number of nitrogens with zero attached hydrogens (tertiary/aromatic N) is 2. The molecule has 0 spiro atoms. The summed E-state index contributed by atoms with van der Waals surface area (Å²) in [6.45, 7) is -0.804. The minimum Gasteiger partial charge on any atom is -0.454 e. The first kappa shape index (κ1) is 26.8. The Balaban J connectivity index is 1.61. The van der Waals surface area contributed by atoms with Gasteiger partial charge < -0.3 is 9.47 Å². The Kier molecular flexibility index (Phi) is 7.67. The Bertz CT molecular complexity index is 1470. The smallest absolute Gasteiger partial charge is 0.417 e. The molecule has 14 heteroatoms. The second-order valence-corrected chi connectivity index (χ2v) is 10.6. The molecular weight excluding hydrogens is 603 g/mol. The number of benzene rings is 3. The zero-order valence-corrected chi connectivity index (χ0v) is 21.7. The molecule has 0 saturated carbocycles. The normalized spacial score (nSPS) is 13.1. The van der Waals surface area contributed by atoms with Gasteiger partial charge in [-0.05, 0) is 58.4 Å². The quantitative estimate of drug-likeness (QED) is 0.290. The largest absolute Gasteiger partial charge is 0.454 e. The van der Waals surface area contributed by atoms with E-state index in [0.717, 1.165) is 12.1 Å². The average molecular weight is 619 g/mol. The summed E-state index contributed by atoms with van der Waals surface area (Å²) in [5.41, 5.74) is 1.06.